The molecule has 0 spiro atoms. The van der Waals surface area contributed by atoms with Gasteiger partial charge in [0.2, 0.25) is 0 Å². The molecule has 0 rings (SSSR count). The van der Waals surface area contributed by atoms with Crippen molar-refractivity contribution < 1.29 is 4.79 Å². The average Bonchev–Trinajstić information content (AvgIpc) is 2.30. The molecule has 0 radical (unpaired) electrons. The minimum atomic E-state index is 0.246. The average molecular weight is 254 g/mol. The second-order valence-electron chi connectivity index (χ2n) is 6.64. The monoisotopic (exact) mass is 254 g/mol. The van der Waals surface area contributed by atoms with E-state index in [1.165, 1.54) is 0 Å². The number of hydrogen-bond acceptors (Lipinski definition) is 1. The highest BCUT2D eigenvalue weighted by atomic mass is 16.1. The van der Waals surface area contributed by atoms with Crippen LogP contribution in [0.2, 0.25) is 0 Å². The molecule has 4 unspecified atom stereocenters. The molecular weight excluding hydrogens is 220 g/mol. The van der Waals surface area contributed by atoms with Gasteiger partial charge in [-0.25, -0.2) is 0 Å². The Morgan fingerprint density at radius 3 is 1.17 bits per heavy atom. The summed E-state index contributed by atoms with van der Waals surface area (Å²) in [5.74, 6) is 3.18. The Bertz CT molecular complexity index is 218. The summed E-state index contributed by atoms with van der Waals surface area (Å²) in [5.41, 5.74) is 0. The smallest absolute Gasteiger partial charge is 0.139 e. The van der Waals surface area contributed by atoms with E-state index in [2.05, 4.69) is 55.4 Å². The zero-order valence-electron chi connectivity index (χ0n) is 13.8. The summed E-state index contributed by atoms with van der Waals surface area (Å²) in [6.45, 7) is 17.7. The standard InChI is InChI=1S/C17H34O/c1-9-15(13(7)11(3)4)17(18)16(10-2)14(8)12(5)6/h11-16H,9-10H2,1-8H3. The van der Waals surface area contributed by atoms with E-state index in [1.54, 1.807) is 0 Å². The van der Waals surface area contributed by atoms with Gasteiger partial charge >= 0.3 is 0 Å². The Hall–Kier alpha value is -0.330. The van der Waals surface area contributed by atoms with E-state index in [0.29, 0.717) is 29.5 Å². The maximum Gasteiger partial charge on any atom is 0.139 e. The second-order valence-corrected chi connectivity index (χ2v) is 6.64. The topological polar surface area (TPSA) is 17.1 Å². The Balaban J connectivity index is 4.95. The molecular formula is C17H34O. The van der Waals surface area contributed by atoms with Gasteiger partial charge < -0.3 is 0 Å². The molecule has 0 N–H and O–H groups in total. The molecule has 4 atom stereocenters. The normalized spacial score (nSPS) is 18.8. The van der Waals surface area contributed by atoms with E-state index in [1.807, 2.05) is 0 Å². The number of hydrogen-bond donors (Lipinski definition) is 0. The van der Waals surface area contributed by atoms with Crippen LogP contribution in [0.1, 0.15) is 68.2 Å². The molecule has 0 fully saturated rings. The van der Waals surface area contributed by atoms with E-state index in [9.17, 15) is 4.79 Å². The van der Waals surface area contributed by atoms with Crippen molar-refractivity contribution in [2.45, 2.75) is 68.2 Å². The van der Waals surface area contributed by atoms with Gasteiger partial charge in [0.1, 0.15) is 5.78 Å². The minimum absolute atomic E-state index is 0.246. The fraction of sp³-hybridized carbons (Fsp3) is 0.941. The molecule has 0 aromatic rings. The SMILES string of the molecule is CCC(C(=O)C(CC)C(C)C(C)C)C(C)C(C)C. The number of Topliss-reactive ketones (excluding diaryl/α,β-unsaturated/α-hetero) is 1. The predicted octanol–water partition coefficient (Wildman–Crippen LogP) is 5.19. The van der Waals surface area contributed by atoms with Crippen molar-refractivity contribution in [3.8, 4) is 0 Å². The van der Waals surface area contributed by atoms with Crippen LogP contribution in [-0.2, 0) is 4.79 Å². The summed E-state index contributed by atoms with van der Waals surface area (Å²) in [6.07, 6.45) is 1.97. The van der Waals surface area contributed by atoms with Gasteiger partial charge in [0.05, 0.1) is 0 Å². The third-order valence-electron chi connectivity index (χ3n) is 4.98. The van der Waals surface area contributed by atoms with Gasteiger partial charge in [0.25, 0.3) is 0 Å². The summed E-state index contributed by atoms with van der Waals surface area (Å²) in [5, 5.41) is 0. The Morgan fingerprint density at radius 2 is 1.00 bits per heavy atom. The number of ketones is 1. The van der Waals surface area contributed by atoms with E-state index in [4.69, 9.17) is 0 Å². The fourth-order valence-electron chi connectivity index (χ4n) is 2.87. The first-order valence-corrected chi connectivity index (χ1v) is 7.81. The van der Waals surface area contributed by atoms with Crippen molar-refractivity contribution in [1.82, 2.24) is 0 Å². The molecule has 0 aromatic carbocycles. The van der Waals surface area contributed by atoms with Crippen LogP contribution in [-0.4, -0.2) is 5.78 Å². The van der Waals surface area contributed by atoms with Crippen LogP contribution in [0, 0.1) is 35.5 Å². The third-order valence-corrected chi connectivity index (χ3v) is 4.98. The summed E-state index contributed by atoms with van der Waals surface area (Å²) < 4.78 is 0. The summed E-state index contributed by atoms with van der Waals surface area (Å²) in [4.78, 5) is 12.8. The first-order valence-electron chi connectivity index (χ1n) is 7.81. The molecule has 108 valence electrons. The summed E-state index contributed by atoms with van der Waals surface area (Å²) in [7, 11) is 0. The first-order chi connectivity index (χ1) is 8.27. The lowest BCUT2D eigenvalue weighted by Gasteiger charge is -2.32. The highest BCUT2D eigenvalue weighted by molar-refractivity contribution is 5.83. The molecule has 18 heavy (non-hydrogen) atoms. The van der Waals surface area contributed by atoms with Gasteiger partial charge in [0, 0.05) is 11.8 Å². The van der Waals surface area contributed by atoms with Gasteiger partial charge in [-0.3, -0.25) is 4.79 Å². The molecule has 0 saturated heterocycles. The zero-order chi connectivity index (χ0) is 14.5. The molecule has 1 heteroatoms. The van der Waals surface area contributed by atoms with Crippen molar-refractivity contribution in [2.75, 3.05) is 0 Å². The largest absolute Gasteiger partial charge is 0.299 e. The zero-order valence-corrected chi connectivity index (χ0v) is 13.8. The van der Waals surface area contributed by atoms with Crippen molar-refractivity contribution >= 4 is 5.78 Å². The third kappa shape index (κ3) is 4.40. The number of carbonyl (C=O) groups excluding carboxylic acids is 1. The predicted molar refractivity (Wildman–Crippen MR) is 80.6 cm³/mol. The van der Waals surface area contributed by atoms with Gasteiger partial charge in [-0.05, 0) is 36.5 Å². The van der Waals surface area contributed by atoms with E-state index < -0.39 is 0 Å². The number of rotatable bonds is 8. The molecule has 0 aliphatic carbocycles. The van der Waals surface area contributed by atoms with Crippen molar-refractivity contribution in [2.24, 2.45) is 35.5 Å². The lowest BCUT2D eigenvalue weighted by molar-refractivity contribution is -0.131. The van der Waals surface area contributed by atoms with Crippen molar-refractivity contribution in [1.29, 1.82) is 0 Å². The molecule has 0 aliphatic heterocycles. The van der Waals surface area contributed by atoms with E-state index in [-0.39, 0.29) is 11.8 Å². The van der Waals surface area contributed by atoms with Crippen molar-refractivity contribution in [3.05, 3.63) is 0 Å². The highest BCUT2D eigenvalue weighted by Crippen LogP contribution is 2.32. The molecule has 0 saturated carbocycles. The van der Waals surface area contributed by atoms with Gasteiger partial charge in [-0.2, -0.15) is 0 Å². The Morgan fingerprint density at radius 1 is 0.722 bits per heavy atom. The summed E-state index contributed by atoms with van der Waals surface area (Å²) in [6, 6.07) is 0. The number of carbonyl (C=O) groups is 1. The lowest BCUT2D eigenvalue weighted by Crippen LogP contribution is -2.34. The second kappa shape index (κ2) is 7.96. The molecule has 0 aromatic heterocycles. The molecule has 1 nitrogen and oxygen atoms in total. The first kappa shape index (κ1) is 17.7. The van der Waals surface area contributed by atoms with E-state index in [0.717, 1.165) is 12.8 Å². The van der Waals surface area contributed by atoms with Crippen LogP contribution in [0.4, 0.5) is 0 Å². The van der Waals surface area contributed by atoms with Crippen molar-refractivity contribution in [3.63, 3.8) is 0 Å². The summed E-state index contributed by atoms with van der Waals surface area (Å²) >= 11 is 0. The van der Waals surface area contributed by atoms with Crippen LogP contribution < -0.4 is 0 Å². The minimum Gasteiger partial charge on any atom is -0.299 e. The molecule has 0 bridgehead atoms. The molecule has 0 heterocycles. The fourth-order valence-corrected chi connectivity index (χ4v) is 2.87. The Labute approximate surface area is 115 Å². The van der Waals surface area contributed by atoms with Gasteiger partial charge in [-0.1, -0.05) is 55.4 Å². The Kier molecular flexibility index (Phi) is 7.82. The maximum atomic E-state index is 12.8. The maximum absolute atomic E-state index is 12.8. The van der Waals surface area contributed by atoms with Crippen LogP contribution in [0.25, 0.3) is 0 Å². The van der Waals surface area contributed by atoms with Crippen LogP contribution in [0.15, 0.2) is 0 Å². The van der Waals surface area contributed by atoms with Crippen LogP contribution in [0.3, 0.4) is 0 Å². The highest BCUT2D eigenvalue weighted by Gasteiger charge is 2.33. The quantitative estimate of drug-likeness (QED) is 0.582. The van der Waals surface area contributed by atoms with Crippen LogP contribution in [0.5, 0.6) is 0 Å². The molecule has 0 amide bonds. The lowest BCUT2D eigenvalue weighted by atomic mass is 9.71. The van der Waals surface area contributed by atoms with Crippen LogP contribution >= 0.6 is 0 Å². The van der Waals surface area contributed by atoms with E-state index >= 15 is 0 Å². The van der Waals surface area contributed by atoms with Gasteiger partial charge in [-0.15, -0.1) is 0 Å². The van der Waals surface area contributed by atoms with Gasteiger partial charge in [0.15, 0.2) is 0 Å². The molecule has 0 aliphatic rings.